The smallest absolute Gasteiger partial charge is 0.281 e. The van der Waals surface area contributed by atoms with Gasteiger partial charge in [0.1, 0.15) is 12.1 Å². The maximum absolute atomic E-state index is 12.8. The summed E-state index contributed by atoms with van der Waals surface area (Å²) < 4.78 is 7.84. The van der Waals surface area contributed by atoms with Crippen LogP contribution in [-0.2, 0) is 0 Å². The van der Waals surface area contributed by atoms with Gasteiger partial charge in [0.2, 0.25) is 0 Å². The zero-order valence-corrected chi connectivity index (χ0v) is 15.3. The maximum atomic E-state index is 12.8. The Kier molecular flexibility index (Phi) is 4.81. The molecule has 10 heteroatoms. The van der Waals surface area contributed by atoms with Crippen molar-refractivity contribution in [3.05, 3.63) is 83.3 Å². The van der Waals surface area contributed by atoms with Crippen LogP contribution < -0.4 is 15.6 Å². The molecule has 0 fully saturated rings. The second-order valence-corrected chi connectivity index (χ2v) is 5.81. The third kappa shape index (κ3) is 3.72. The molecule has 0 aliphatic carbocycles. The minimum atomic E-state index is -0.586. The molecule has 0 saturated heterocycles. The number of nitrogens with zero attached hydrogens (tertiary/aromatic N) is 6. The van der Waals surface area contributed by atoms with E-state index in [1.54, 1.807) is 48.8 Å². The zero-order chi connectivity index (χ0) is 20.2. The van der Waals surface area contributed by atoms with E-state index < -0.39 is 11.5 Å². The van der Waals surface area contributed by atoms with Gasteiger partial charge in [0.15, 0.2) is 17.3 Å². The van der Waals surface area contributed by atoms with Crippen LogP contribution in [0.1, 0.15) is 10.5 Å². The number of para-hydroxylation sites is 1. The minimum Gasteiger partial charge on any atom is -0.494 e. The fourth-order valence-electron chi connectivity index (χ4n) is 2.63. The molecule has 1 N–H and O–H groups in total. The lowest BCUT2D eigenvalue weighted by molar-refractivity contribution is 0.101. The third-order valence-electron chi connectivity index (χ3n) is 3.97. The molecular weight excluding hydrogens is 374 g/mol. The van der Waals surface area contributed by atoms with Crippen molar-refractivity contribution < 1.29 is 9.53 Å². The molecule has 144 valence electrons. The Bertz CT molecular complexity index is 1200. The molecule has 4 aromatic rings. The number of hydrogen-bond acceptors (Lipinski definition) is 7. The van der Waals surface area contributed by atoms with Crippen LogP contribution in [0.25, 0.3) is 11.5 Å². The van der Waals surface area contributed by atoms with Crippen molar-refractivity contribution in [3.63, 3.8) is 0 Å². The summed E-state index contributed by atoms with van der Waals surface area (Å²) in [7, 11) is 1.36. The molecule has 0 saturated carbocycles. The Labute approximate surface area is 164 Å². The van der Waals surface area contributed by atoms with Crippen LogP contribution >= 0.6 is 0 Å². The van der Waals surface area contributed by atoms with Crippen molar-refractivity contribution >= 4 is 11.7 Å². The van der Waals surface area contributed by atoms with Gasteiger partial charge < -0.3 is 10.1 Å². The van der Waals surface area contributed by atoms with Crippen LogP contribution in [0.4, 0.5) is 5.82 Å². The van der Waals surface area contributed by atoms with Gasteiger partial charge in [-0.1, -0.05) is 18.2 Å². The van der Waals surface area contributed by atoms with Gasteiger partial charge in [0.05, 0.1) is 18.9 Å². The van der Waals surface area contributed by atoms with E-state index in [0.717, 1.165) is 4.68 Å². The number of carbonyl (C=O) groups is 1. The Balaban J connectivity index is 1.68. The molecule has 0 radical (unpaired) electrons. The Morgan fingerprint density at radius 3 is 2.66 bits per heavy atom. The Hall–Kier alpha value is -4.34. The average molecular weight is 389 g/mol. The predicted molar refractivity (Wildman–Crippen MR) is 103 cm³/mol. The molecule has 1 amide bonds. The molecule has 0 aliphatic rings. The van der Waals surface area contributed by atoms with Gasteiger partial charge in [-0.05, 0) is 18.2 Å². The monoisotopic (exact) mass is 389 g/mol. The molecule has 0 aliphatic heterocycles. The van der Waals surface area contributed by atoms with Gasteiger partial charge >= 0.3 is 0 Å². The van der Waals surface area contributed by atoms with Crippen LogP contribution in [0, 0.1) is 0 Å². The van der Waals surface area contributed by atoms with Crippen molar-refractivity contribution in [2.45, 2.75) is 0 Å². The summed E-state index contributed by atoms with van der Waals surface area (Å²) in [4.78, 5) is 33.4. The van der Waals surface area contributed by atoms with E-state index in [4.69, 9.17) is 4.74 Å². The fourth-order valence-corrected chi connectivity index (χ4v) is 2.63. The van der Waals surface area contributed by atoms with Crippen molar-refractivity contribution in [1.29, 1.82) is 0 Å². The summed E-state index contributed by atoms with van der Waals surface area (Å²) >= 11 is 0. The topological polar surface area (TPSA) is 117 Å². The standard InChI is InChI=1S/C19H15N7O3/c1-29-14-10-17(27)26(13-6-3-2-4-7-13)24-18(14)19(28)23-15-11-16(21-12-20-15)25-9-5-8-22-25/h2-12H,1H3,(H,20,21,23,28). The molecule has 3 heterocycles. The summed E-state index contributed by atoms with van der Waals surface area (Å²) in [5.74, 6) is 0.198. The number of aromatic nitrogens is 6. The van der Waals surface area contributed by atoms with E-state index in [1.165, 1.54) is 24.2 Å². The zero-order valence-electron chi connectivity index (χ0n) is 15.3. The first kappa shape index (κ1) is 18.0. The maximum Gasteiger partial charge on any atom is 0.281 e. The summed E-state index contributed by atoms with van der Waals surface area (Å²) in [5, 5.41) is 10.9. The molecular formula is C19H15N7O3. The quantitative estimate of drug-likeness (QED) is 0.549. The summed E-state index contributed by atoms with van der Waals surface area (Å²) in [6.07, 6.45) is 4.64. The van der Waals surface area contributed by atoms with Gasteiger partial charge in [-0.2, -0.15) is 14.9 Å². The molecule has 29 heavy (non-hydrogen) atoms. The van der Waals surface area contributed by atoms with E-state index in [2.05, 4.69) is 25.5 Å². The second-order valence-electron chi connectivity index (χ2n) is 5.81. The number of anilines is 1. The number of nitrogens with one attached hydrogen (secondary N) is 1. The van der Waals surface area contributed by atoms with E-state index in [0.29, 0.717) is 11.5 Å². The lowest BCUT2D eigenvalue weighted by Crippen LogP contribution is -2.26. The molecule has 0 unspecified atom stereocenters. The van der Waals surface area contributed by atoms with E-state index in [1.807, 2.05) is 6.07 Å². The summed E-state index contributed by atoms with van der Waals surface area (Å²) in [6, 6.07) is 13.3. The molecule has 1 aromatic carbocycles. The highest BCUT2D eigenvalue weighted by atomic mass is 16.5. The molecule has 0 bridgehead atoms. The normalized spacial score (nSPS) is 10.5. The van der Waals surface area contributed by atoms with Crippen molar-refractivity contribution in [1.82, 2.24) is 29.5 Å². The molecule has 0 spiro atoms. The summed E-state index contributed by atoms with van der Waals surface area (Å²) in [5.41, 5.74) is 0.0417. The van der Waals surface area contributed by atoms with Crippen LogP contribution in [0.2, 0.25) is 0 Å². The number of carbonyl (C=O) groups excluding carboxylic acids is 1. The van der Waals surface area contributed by atoms with Gasteiger partial charge in [-0.15, -0.1) is 0 Å². The number of ether oxygens (including phenoxy) is 1. The first-order valence-electron chi connectivity index (χ1n) is 8.53. The SMILES string of the molecule is COc1cc(=O)n(-c2ccccc2)nc1C(=O)Nc1cc(-n2cccn2)ncn1. The summed E-state index contributed by atoms with van der Waals surface area (Å²) in [6.45, 7) is 0. The second kappa shape index (κ2) is 7.72. The number of rotatable bonds is 5. The van der Waals surface area contributed by atoms with Gasteiger partial charge in [0, 0.05) is 18.5 Å². The van der Waals surface area contributed by atoms with E-state index >= 15 is 0 Å². The van der Waals surface area contributed by atoms with Crippen molar-refractivity contribution in [3.8, 4) is 17.3 Å². The lowest BCUT2D eigenvalue weighted by Gasteiger charge is -2.11. The number of amides is 1. The largest absolute Gasteiger partial charge is 0.494 e. The molecule has 0 atom stereocenters. The van der Waals surface area contributed by atoms with Crippen molar-refractivity contribution in [2.75, 3.05) is 12.4 Å². The lowest BCUT2D eigenvalue weighted by atomic mass is 10.3. The number of hydrogen-bond donors (Lipinski definition) is 1. The average Bonchev–Trinajstić information content (AvgIpc) is 3.29. The fraction of sp³-hybridized carbons (Fsp3) is 0.0526. The van der Waals surface area contributed by atoms with Crippen molar-refractivity contribution in [2.24, 2.45) is 0 Å². The van der Waals surface area contributed by atoms with Gasteiger partial charge in [0.25, 0.3) is 11.5 Å². The molecule has 10 nitrogen and oxygen atoms in total. The first-order valence-corrected chi connectivity index (χ1v) is 8.53. The van der Waals surface area contributed by atoms with Crippen LogP contribution in [0.3, 0.4) is 0 Å². The highest BCUT2D eigenvalue weighted by Crippen LogP contribution is 2.16. The highest BCUT2D eigenvalue weighted by Gasteiger charge is 2.19. The van der Waals surface area contributed by atoms with Gasteiger partial charge in [-0.25, -0.2) is 14.6 Å². The van der Waals surface area contributed by atoms with Crippen LogP contribution in [-0.4, -0.2) is 42.5 Å². The molecule has 3 aromatic heterocycles. The van der Waals surface area contributed by atoms with Crippen LogP contribution in [0.15, 0.2) is 72.0 Å². The third-order valence-corrected chi connectivity index (χ3v) is 3.97. The number of benzene rings is 1. The first-order chi connectivity index (χ1) is 14.2. The van der Waals surface area contributed by atoms with E-state index in [-0.39, 0.29) is 17.3 Å². The van der Waals surface area contributed by atoms with Crippen LogP contribution in [0.5, 0.6) is 5.75 Å². The van der Waals surface area contributed by atoms with E-state index in [9.17, 15) is 9.59 Å². The van der Waals surface area contributed by atoms with Gasteiger partial charge in [-0.3, -0.25) is 9.59 Å². The predicted octanol–water partition coefficient (Wildman–Crippen LogP) is 1.47. The minimum absolute atomic E-state index is 0.0565. The number of methoxy groups -OCH3 is 1. The molecule has 4 rings (SSSR count). The Morgan fingerprint density at radius 1 is 1.10 bits per heavy atom. The Morgan fingerprint density at radius 2 is 1.93 bits per heavy atom. The highest BCUT2D eigenvalue weighted by molar-refractivity contribution is 6.04.